The molecule has 2 aliphatic rings. The third-order valence-electron chi connectivity index (χ3n) is 4.95. The van der Waals surface area contributed by atoms with Crippen LogP contribution in [0.2, 0.25) is 0 Å². The van der Waals surface area contributed by atoms with Gasteiger partial charge in [0, 0.05) is 19.5 Å². The Hall–Kier alpha value is -2.38. The SMILES string of the molecule is CC(=O)NC[C@H]1CN(c2ccc(N3C[C@H](C)[C@@H]3CCF)c(F)c2)C(=O)O1. The highest BCUT2D eigenvalue weighted by Gasteiger charge is 2.37. The highest BCUT2D eigenvalue weighted by atomic mass is 19.1. The minimum atomic E-state index is -0.569. The van der Waals surface area contributed by atoms with Crippen LogP contribution in [0.25, 0.3) is 0 Å². The van der Waals surface area contributed by atoms with Gasteiger partial charge in [-0.05, 0) is 30.5 Å². The second-order valence-corrected chi connectivity index (χ2v) is 6.86. The van der Waals surface area contributed by atoms with Crippen molar-refractivity contribution in [3.8, 4) is 0 Å². The molecule has 2 heterocycles. The smallest absolute Gasteiger partial charge is 0.414 e. The van der Waals surface area contributed by atoms with Gasteiger partial charge < -0.3 is 15.0 Å². The molecular weight excluding hydrogens is 344 g/mol. The van der Waals surface area contributed by atoms with Crippen LogP contribution in [0.5, 0.6) is 0 Å². The van der Waals surface area contributed by atoms with Gasteiger partial charge in [-0.2, -0.15) is 0 Å². The zero-order valence-electron chi connectivity index (χ0n) is 14.9. The van der Waals surface area contributed by atoms with E-state index in [4.69, 9.17) is 4.74 Å². The summed E-state index contributed by atoms with van der Waals surface area (Å²) in [5.41, 5.74) is 0.824. The van der Waals surface area contributed by atoms with Gasteiger partial charge in [-0.15, -0.1) is 0 Å². The first kappa shape index (κ1) is 18.4. The summed E-state index contributed by atoms with van der Waals surface area (Å²) in [5.74, 6) is -0.328. The summed E-state index contributed by atoms with van der Waals surface area (Å²) in [5, 5.41) is 2.60. The molecule has 0 bridgehead atoms. The van der Waals surface area contributed by atoms with Gasteiger partial charge in [-0.1, -0.05) is 6.92 Å². The average molecular weight is 367 g/mol. The Bertz CT molecular complexity index is 700. The van der Waals surface area contributed by atoms with Crippen molar-refractivity contribution >= 4 is 23.4 Å². The normalized spacial score (nSPS) is 25.1. The number of rotatable bonds is 6. The molecule has 0 spiro atoms. The number of ether oxygens (including phenoxy) is 1. The second-order valence-electron chi connectivity index (χ2n) is 6.86. The fourth-order valence-electron chi connectivity index (χ4n) is 3.56. The Morgan fingerprint density at radius 2 is 2.15 bits per heavy atom. The lowest BCUT2D eigenvalue weighted by Gasteiger charge is -2.48. The first-order chi connectivity index (χ1) is 12.4. The first-order valence-corrected chi connectivity index (χ1v) is 8.75. The zero-order valence-corrected chi connectivity index (χ0v) is 14.9. The van der Waals surface area contributed by atoms with Crippen molar-refractivity contribution in [1.29, 1.82) is 0 Å². The number of nitrogens with one attached hydrogen (secondary N) is 1. The van der Waals surface area contributed by atoms with E-state index in [0.717, 1.165) is 0 Å². The molecule has 2 amide bonds. The number of carbonyl (C=O) groups is 2. The van der Waals surface area contributed by atoms with Gasteiger partial charge in [0.25, 0.3) is 0 Å². The molecule has 0 unspecified atom stereocenters. The van der Waals surface area contributed by atoms with E-state index in [1.807, 2.05) is 11.8 Å². The Labute approximate surface area is 151 Å². The van der Waals surface area contributed by atoms with Crippen LogP contribution in [0, 0.1) is 11.7 Å². The standard InChI is InChI=1S/C18H23F2N3O3/c1-11-9-23(16(11)5-6-19)17-4-3-13(7-15(17)20)22-10-14(26-18(22)25)8-21-12(2)24/h3-4,7,11,14,16H,5-6,8-10H2,1-2H3,(H,21,24)/t11-,14-,16-/m0/s1. The van der Waals surface area contributed by atoms with Crippen LogP contribution in [0.15, 0.2) is 18.2 Å². The van der Waals surface area contributed by atoms with E-state index in [0.29, 0.717) is 30.3 Å². The maximum absolute atomic E-state index is 14.6. The van der Waals surface area contributed by atoms with E-state index in [1.54, 1.807) is 12.1 Å². The van der Waals surface area contributed by atoms with Crippen molar-refractivity contribution in [2.45, 2.75) is 32.4 Å². The highest BCUT2D eigenvalue weighted by Crippen LogP contribution is 2.36. The van der Waals surface area contributed by atoms with Crippen LogP contribution < -0.4 is 15.1 Å². The fraction of sp³-hybridized carbons (Fsp3) is 0.556. The van der Waals surface area contributed by atoms with E-state index < -0.39 is 24.7 Å². The molecule has 26 heavy (non-hydrogen) atoms. The predicted octanol–water partition coefficient (Wildman–Crippen LogP) is 2.47. The monoisotopic (exact) mass is 367 g/mol. The molecule has 142 valence electrons. The van der Waals surface area contributed by atoms with Gasteiger partial charge >= 0.3 is 6.09 Å². The van der Waals surface area contributed by atoms with Crippen LogP contribution in [0.1, 0.15) is 20.3 Å². The Morgan fingerprint density at radius 3 is 2.77 bits per heavy atom. The molecular formula is C18H23F2N3O3. The largest absolute Gasteiger partial charge is 0.442 e. The Morgan fingerprint density at radius 1 is 1.38 bits per heavy atom. The maximum atomic E-state index is 14.6. The molecule has 8 heteroatoms. The van der Waals surface area contributed by atoms with Gasteiger partial charge in [0.05, 0.1) is 31.1 Å². The average Bonchev–Trinajstić information content (AvgIpc) is 2.97. The summed E-state index contributed by atoms with van der Waals surface area (Å²) in [6, 6.07) is 4.58. The Kier molecular flexibility index (Phi) is 5.29. The summed E-state index contributed by atoms with van der Waals surface area (Å²) < 4.78 is 32.5. The van der Waals surface area contributed by atoms with E-state index in [9.17, 15) is 18.4 Å². The molecule has 0 radical (unpaired) electrons. The number of hydrogen-bond acceptors (Lipinski definition) is 4. The van der Waals surface area contributed by atoms with Crippen molar-refractivity contribution in [2.75, 3.05) is 36.1 Å². The molecule has 0 aromatic heterocycles. The van der Waals surface area contributed by atoms with Crippen molar-refractivity contribution in [1.82, 2.24) is 5.32 Å². The molecule has 0 saturated carbocycles. The number of carbonyl (C=O) groups excluding carboxylic acids is 2. The van der Waals surface area contributed by atoms with E-state index in [-0.39, 0.29) is 25.0 Å². The number of halogens is 2. The van der Waals surface area contributed by atoms with Crippen LogP contribution >= 0.6 is 0 Å². The summed E-state index contributed by atoms with van der Waals surface area (Å²) in [7, 11) is 0. The first-order valence-electron chi connectivity index (χ1n) is 8.75. The molecule has 1 aromatic rings. The van der Waals surface area contributed by atoms with Crippen molar-refractivity contribution in [3.05, 3.63) is 24.0 Å². The number of amides is 2. The summed E-state index contributed by atoms with van der Waals surface area (Å²) in [4.78, 5) is 26.2. The zero-order chi connectivity index (χ0) is 18.8. The molecule has 2 fully saturated rings. The predicted molar refractivity (Wildman–Crippen MR) is 93.6 cm³/mol. The molecule has 6 nitrogen and oxygen atoms in total. The van der Waals surface area contributed by atoms with Crippen molar-refractivity contribution in [3.63, 3.8) is 0 Å². The number of benzene rings is 1. The number of cyclic esters (lactones) is 1. The highest BCUT2D eigenvalue weighted by molar-refractivity contribution is 5.90. The minimum absolute atomic E-state index is 0.000799. The number of hydrogen-bond donors (Lipinski definition) is 1. The van der Waals surface area contributed by atoms with Crippen molar-refractivity contribution in [2.24, 2.45) is 5.92 Å². The van der Waals surface area contributed by atoms with E-state index in [1.165, 1.54) is 17.9 Å². The van der Waals surface area contributed by atoms with Gasteiger partial charge in [0.1, 0.15) is 11.9 Å². The van der Waals surface area contributed by atoms with Crippen LogP contribution in [0.3, 0.4) is 0 Å². The molecule has 2 saturated heterocycles. The van der Waals surface area contributed by atoms with Crippen LogP contribution in [0.4, 0.5) is 25.0 Å². The number of nitrogens with zero attached hydrogens (tertiary/aromatic N) is 2. The lowest BCUT2D eigenvalue weighted by Crippen LogP contribution is -2.55. The van der Waals surface area contributed by atoms with E-state index >= 15 is 0 Å². The Balaban J connectivity index is 1.70. The molecule has 0 aliphatic carbocycles. The van der Waals surface area contributed by atoms with Crippen molar-refractivity contribution < 1.29 is 23.1 Å². The fourth-order valence-corrected chi connectivity index (χ4v) is 3.56. The van der Waals surface area contributed by atoms with Crippen LogP contribution in [-0.2, 0) is 9.53 Å². The second kappa shape index (κ2) is 7.47. The third-order valence-corrected chi connectivity index (χ3v) is 4.95. The lowest BCUT2D eigenvalue weighted by atomic mass is 9.87. The summed E-state index contributed by atoms with van der Waals surface area (Å²) >= 11 is 0. The quantitative estimate of drug-likeness (QED) is 0.839. The number of alkyl halides is 1. The van der Waals surface area contributed by atoms with Gasteiger partial charge in [0.15, 0.2) is 0 Å². The summed E-state index contributed by atoms with van der Waals surface area (Å²) in [6.07, 6.45) is -0.661. The molecule has 2 aliphatic heterocycles. The lowest BCUT2D eigenvalue weighted by molar-refractivity contribution is -0.119. The molecule has 1 aromatic carbocycles. The maximum Gasteiger partial charge on any atom is 0.414 e. The molecule has 1 N–H and O–H groups in total. The molecule has 3 atom stereocenters. The topological polar surface area (TPSA) is 61.9 Å². The van der Waals surface area contributed by atoms with Gasteiger partial charge in [0.2, 0.25) is 5.91 Å². The minimum Gasteiger partial charge on any atom is -0.442 e. The molecule has 3 rings (SSSR count). The third kappa shape index (κ3) is 3.59. The van der Waals surface area contributed by atoms with E-state index in [2.05, 4.69) is 5.32 Å². The van der Waals surface area contributed by atoms with Crippen LogP contribution in [-0.4, -0.2) is 50.5 Å². The summed E-state index contributed by atoms with van der Waals surface area (Å²) in [6.45, 7) is 4.12. The van der Waals surface area contributed by atoms with Gasteiger partial charge in [-0.25, -0.2) is 9.18 Å². The van der Waals surface area contributed by atoms with Gasteiger partial charge in [-0.3, -0.25) is 14.1 Å². The number of anilines is 2.